The van der Waals surface area contributed by atoms with Gasteiger partial charge in [-0.05, 0) is 55.2 Å². The minimum absolute atomic E-state index is 0.0410. The molecule has 0 radical (unpaired) electrons. The Bertz CT molecular complexity index is 980. The summed E-state index contributed by atoms with van der Waals surface area (Å²) < 4.78 is 32.6. The number of ether oxygens (including phenoxy) is 1. The zero-order valence-corrected chi connectivity index (χ0v) is 20.2. The van der Waals surface area contributed by atoms with Crippen LogP contribution in [0.4, 0.5) is 5.69 Å². The van der Waals surface area contributed by atoms with Crippen LogP contribution >= 0.6 is 0 Å². The van der Waals surface area contributed by atoms with Crippen molar-refractivity contribution < 1.29 is 23.1 Å². The van der Waals surface area contributed by atoms with Crippen LogP contribution in [0.2, 0.25) is 0 Å². The molecule has 0 spiro atoms. The van der Waals surface area contributed by atoms with E-state index in [1.54, 1.807) is 26.2 Å². The Hall–Kier alpha value is -2.62. The number of nitrogens with two attached hydrogens (primary N) is 1. The smallest absolute Gasteiger partial charge is 0.243 e. The maximum atomic E-state index is 13.0. The summed E-state index contributed by atoms with van der Waals surface area (Å²) in [4.78, 5) is 12.3. The summed E-state index contributed by atoms with van der Waals surface area (Å²) in [5.74, 6) is 0.732. The lowest BCUT2D eigenvalue weighted by molar-refractivity contribution is -0.121. The standard InChI is InChI=1S/C24H35N3O5S/c1-3-27(33(30,31)22-14-12-20(25)13-15-22)21(18-28)9-6-7-17-26-24(29)16-11-19-8-4-5-10-23(19)32-2/h4-5,8,10,12-15,21,28H,3,6-7,9,11,16-18,25H2,1-2H3,(H,26,29)/t21-/m0/s1. The van der Waals surface area contributed by atoms with E-state index in [-0.39, 0.29) is 24.0 Å². The number of anilines is 1. The fraction of sp³-hybridized carbons (Fsp3) is 0.458. The summed E-state index contributed by atoms with van der Waals surface area (Å²) in [6.45, 7) is 2.23. The molecule has 8 nitrogen and oxygen atoms in total. The van der Waals surface area contributed by atoms with Crippen LogP contribution in [0.25, 0.3) is 0 Å². The van der Waals surface area contributed by atoms with Gasteiger partial charge in [-0.1, -0.05) is 31.5 Å². The number of aliphatic hydroxyl groups is 1. The number of amides is 1. The molecule has 0 unspecified atom stereocenters. The van der Waals surface area contributed by atoms with Crippen molar-refractivity contribution in [1.29, 1.82) is 0 Å². The summed E-state index contributed by atoms with van der Waals surface area (Å²) in [7, 11) is -2.13. The summed E-state index contributed by atoms with van der Waals surface area (Å²) in [6.07, 6.45) is 2.82. The number of carbonyl (C=O) groups is 1. The largest absolute Gasteiger partial charge is 0.496 e. The lowest BCUT2D eigenvalue weighted by atomic mass is 10.1. The lowest BCUT2D eigenvalue weighted by Gasteiger charge is -2.28. The molecule has 0 aromatic heterocycles. The summed E-state index contributed by atoms with van der Waals surface area (Å²) in [5, 5.41) is 12.7. The number of unbranched alkanes of at least 4 members (excludes halogenated alkanes) is 1. The predicted octanol–water partition coefficient (Wildman–Crippen LogP) is 2.57. The van der Waals surface area contributed by atoms with Crippen molar-refractivity contribution in [2.45, 2.75) is 50.0 Å². The molecule has 2 aromatic carbocycles. The molecule has 2 aromatic rings. The second-order valence-electron chi connectivity index (χ2n) is 7.77. The first kappa shape index (κ1) is 26.6. The van der Waals surface area contributed by atoms with Gasteiger partial charge in [0, 0.05) is 31.2 Å². The molecule has 9 heteroatoms. The average Bonchev–Trinajstić information content (AvgIpc) is 2.82. The zero-order valence-electron chi connectivity index (χ0n) is 19.4. The van der Waals surface area contributed by atoms with Crippen LogP contribution in [0.5, 0.6) is 5.75 Å². The highest BCUT2D eigenvalue weighted by Gasteiger charge is 2.29. The number of sulfonamides is 1. The fourth-order valence-electron chi connectivity index (χ4n) is 3.70. The lowest BCUT2D eigenvalue weighted by Crippen LogP contribution is -2.42. The van der Waals surface area contributed by atoms with Crippen LogP contribution < -0.4 is 15.8 Å². The Labute approximate surface area is 196 Å². The molecule has 1 amide bonds. The van der Waals surface area contributed by atoms with Crippen LogP contribution in [0.1, 0.15) is 38.2 Å². The van der Waals surface area contributed by atoms with E-state index in [1.807, 2.05) is 24.3 Å². The topological polar surface area (TPSA) is 122 Å². The second kappa shape index (κ2) is 13.2. The third-order valence-corrected chi connectivity index (χ3v) is 7.56. The Morgan fingerprint density at radius 3 is 2.48 bits per heavy atom. The zero-order chi connectivity index (χ0) is 24.3. The van der Waals surface area contributed by atoms with Gasteiger partial charge in [-0.25, -0.2) is 8.42 Å². The van der Waals surface area contributed by atoms with Gasteiger partial charge >= 0.3 is 0 Å². The van der Waals surface area contributed by atoms with Crippen molar-refractivity contribution in [2.24, 2.45) is 0 Å². The molecule has 1 atom stereocenters. The minimum atomic E-state index is -3.74. The number of nitrogen functional groups attached to an aromatic ring is 1. The molecule has 2 rings (SSSR count). The van der Waals surface area contributed by atoms with Crippen LogP contribution in [0.3, 0.4) is 0 Å². The number of para-hydroxylation sites is 1. The van der Waals surface area contributed by atoms with Gasteiger partial charge in [0.15, 0.2) is 0 Å². The quantitative estimate of drug-likeness (QED) is 0.284. The number of likely N-dealkylation sites (N-methyl/N-ethyl adjacent to an activating group) is 1. The van der Waals surface area contributed by atoms with E-state index in [1.165, 1.54) is 16.4 Å². The Morgan fingerprint density at radius 2 is 1.85 bits per heavy atom. The first-order valence-electron chi connectivity index (χ1n) is 11.2. The van der Waals surface area contributed by atoms with Crippen LogP contribution in [-0.2, 0) is 21.2 Å². The van der Waals surface area contributed by atoms with Gasteiger partial charge in [0.2, 0.25) is 15.9 Å². The normalized spacial score (nSPS) is 12.5. The molecule has 0 fully saturated rings. The van der Waals surface area contributed by atoms with E-state index in [0.29, 0.717) is 44.3 Å². The van der Waals surface area contributed by atoms with Crippen LogP contribution in [-0.4, -0.2) is 56.6 Å². The van der Waals surface area contributed by atoms with E-state index in [9.17, 15) is 18.3 Å². The number of aryl methyl sites for hydroxylation is 1. The third-order valence-electron chi connectivity index (χ3n) is 5.52. The highest BCUT2D eigenvalue weighted by atomic mass is 32.2. The number of aliphatic hydroxyl groups excluding tert-OH is 1. The molecule has 0 aliphatic rings. The SMILES string of the molecule is CCN([C@H](CO)CCCCNC(=O)CCc1ccccc1OC)S(=O)(=O)c1ccc(N)cc1. The number of methoxy groups -OCH3 is 1. The first-order valence-corrected chi connectivity index (χ1v) is 12.6. The van der Waals surface area contributed by atoms with Gasteiger partial charge in [0.05, 0.1) is 18.6 Å². The number of hydrogen-bond donors (Lipinski definition) is 3. The van der Waals surface area contributed by atoms with Gasteiger partial charge in [-0.2, -0.15) is 4.31 Å². The molecule has 4 N–H and O–H groups in total. The van der Waals surface area contributed by atoms with E-state index in [4.69, 9.17) is 10.5 Å². The number of carbonyl (C=O) groups excluding carboxylic acids is 1. The molecule has 182 valence electrons. The van der Waals surface area contributed by atoms with Gasteiger partial charge in [-0.3, -0.25) is 4.79 Å². The van der Waals surface area contributed by atoms with E-state index >= 15 is 0 Å². The predicted molar refractivity (Wildman–Crippen MR) is 129 cm³/mol. The number of hydrogen-bond acceptors (Lipinski definition) is 6. The maximum absolute atomic E-state index is 13.0. The number of benzene rings is 2. The van der Waals surface area contributed by atoms with Crippen molar-refractivity contribution in [2.75, 3.05) is 32.5 Å². The van der Waals surface area contributed by atoms with Crippen molar-refractivity contribution in [3.63, 3.8) is 0 Å². The molecule has 0 bridgehead atoms. The van der Waals surface area contributed by atoms with Crippen molar-refractivity contribution in [3.8, 4) is 5.75 Å². The fourth-order valence-corrected chi connectivity index (χ4v) is 5.36. The molecule has 33 heavy (non-hydrogen) atoms. The van der Waals surface area contributed by atoms with Crippen molar-refractivity contribution in [3.05, 3.63) is 54.1 Å². The van der Waals surface area contributed by atoms with Crippen molar-refractivity contribution >= 4 is 21.6 Å². The Morgan fingerprint density at radius 1 is 1.15 bits per heavy atom. The van der Waals surface area contributed by atoms with E-state index in [0.717, 1.165) is 11.3 Å². The second-order valence-corrected chi connectivity index (χ2v) is 9.66. The van der Waals surface area contributed by atoms with Gasteiger partial charge in [0.25, 0.3) is 0 Å². The molecule has 0 heterocycles. The average molecular weight is 478 g/mol. The Kier molecular flexibility index (Phi) is 10.6. The first-order chi connectivity index (χ1) is 15.8. The molecule has 0 saturated carbocycles. The summed E-state index contributed by atoms with van der Waals surface area (Å²) >= 11 is 0. The molecule has 0 aliphatic carbocycles. The number of nitrogens with one attached hydrogen (secondary N) is 1. The monoisotopic (exact) mass is 477 g/mol. The number of rotatable bonds is 14. The van der Waals surface area contributed by atoms with Crippen LogP contribution in [0, 0.1) is 0 Å². The molecular formula is C24H35N3O5S. The Balaban J connectivity index is 1.79. The summed E-state index contributed by atoms with van der Waals surface area (Å²) in [5.41, 5.74) is 7.13. The van der Waals surface area contributed by atoms with Gasteiger partial charge in [0.1, 0.15) is 5.75 Å². The molecule has 0 saturated heterocycles. The maximum Gasteiger partial charge on any atom is 0.243 e. The number of nitrogens with zero attached hydrogens (tertiary/aromatic N) is 1. The van der Waals surface area contributed by atoms with E-state index < -0.39 is 16.1 Å². The van der Waals surface area contributed by atoms with Gasteiger partial charge < -0.3 is 20.9 Å². The van der Waals surface area contributed by atoms with Gasteiger partial charge in [-0.15, -0.1) is 0 Å². The minimum Gasteiger partial charge on any atom is -0.496 e. The molecular weight excluding hydrogens is 442 g/mol. The highest BCUT2D eigenvalue weighted by Crippen LogP contribution is 2.22. The van der Waals surface area contributed by atoms with Crippen LogP contribution in [0.15, 0.2) is 53.4 Å². The van der Waals surface area contributed by atoms with Crippen molar-refractivity contribution in [1.82, 2.24) is 9.62 Å². The summed E-state index contributed by atoms with van der Waals surface area (Å²) in [6, 6.07) is 13.1. The van der Waals surface area contributed by atoms with E-state index in [2.05, 4.69) is 5.32 Å². The highest BCUT2D eigenvalue weighted by molar-refractivity contribution is 7.89. The molecule has 0 aliphatic heterocycles. The third kappa shape index (κ3) is 7.73.